The second-order valence-corrected chi connectivity index (χ2v) is 4.56. The molecule has 1 saturated carbocycles. The van der Waals surface area contributed by atoms with Crippen molar-refractivity contribution in [1.29, 1.82) is 0 Å². The van der Waals surface area contributed by atoms with Crippen LogP contribution in [-0.2, 0) is 0 Å². The highest BCUT2D eigenvalue weighted by Crippen LogP contribution is 2.30. The van der Waals surface area contributed by atoms with E-state index in [1.807, 2.05) is 20.8 Å². The second kappa shape index (κ2) is 4.65. The predicted molar refractivity (Wildman–Crippen MR) is 67.1 cm³/mol. The van der Waals surface area contributed by atoms with Gasteiger partial charge < -0.3 is 4.90 Å². The molecule has 1 aliphatic carbocycles. The van der Waals surface area contributed by atoms with Crippen LogP contribution in [0.15, 0.2) is 28.5 Å². The number of nitrogens with zero attached hydrogens (tertiary/aromatic N) is 2. The summed E-state index contributed by atoms with van der Waals surface area (Å²) in [6, 6.07) is 0.715. The van der Waals surface area contributed by atoms with Crippen LogP contribution in [0.1, 0.15) is 40.5 Å². The molecule has 0 atom stereocenters. The highest BCUT2D eigenvalue weighted by atomic mass is 15.2. The largest absolute Gasteiger partial charge is 0.372 e. The molecule has 0 aliphatic heterocycles. The molecular formula is C13H22N2. The first-order valence-corrected chi connectivity index (χ1v) is 5.55. The van der Waals surface area contributed by atoms with Crippen molar-refractivity contribution in [2.24, 2.45) is 4.99 Å². The smallest absolute Gasteiger partial charge is 0.0421 e. The van der Waals surface area contributed by atoms with Gasteiger partial charge >= 0.3 is 0 Å². The normalized spacial score (nSPS) is 16.9. The third-order valence-corrected chi connectivity index (χ3v) is 2.89. The van der Waals surface area contributed by atoms with E-state index in [1.165, 1.54) is 18.4 Å². The van der Waals surface area contributed by atoms with Crippen LogP contribution in [0.25, 0.3) is 0 Å². The van der Waals surface area contributed by atoms with Gasteiger partial charge in [0.05, 0.1) is 0 Å². The fourth-order valence-corrected chi connectivity index (χ4v) is 1.57. The van der Waals surface area contributed by atoms with Gasteiger partial charge in [-0.2, -0.15) is 0 Å². The molecule has 0 aromatic heterocycles. The van der Waals surface area contributed by atoms with Gasteiger partial charge in [-0.1, -0.05) is 6.58 Å². The standard InChI is InChI=1S/C13H22N2/c1-9(2)14-11(4)10(3)12(5)15(6)13-7-8-13/h13H,5,7-8H2,1-4,6H3/b11-10-. The maximum absolute atomic E-state index is 4.47. The van der Waals surface area contributed by atoms with Crippen molar-refractivity contribution in [3.05, 3.63) is 23.5 Å². The Bertz CT molecular complexity index is 315. The van der Waals surface area contributed by atoms with Gasteiger partial charge in [0, 0.05) is 30.2 Å². The van der Waals surface area contributed by atoms with E-state index >= 15 is 0 Å². The van der Waals surface area contributed by atoms with Gasteiger partial charge in [0.2, 0.25) is 0 Å². The zero-order valence-corrected chi connectivity index (χ0v) is 10.6. The fourth-order valence-electron chi connectivity index (χ4n) is 1.57. The summed E-state index contributed by atoms with van der Waals surface area (Å²) in [6.07, 6.45) is 2.61. The lowest BCUT2D eigenvalue weighted by molar-refractivity contribution is 0.416. The third-order valence-electron chi connectivity index (χ3n) is 2.89. The predicted octanol–water partition coefficient (Wildman–Crippen LogP) is 3.37. The van der Waals surface area contributed by atoms with E-state index in [0.717, 1.165) is 17.1 Å². The van der Waals surface area contributed by atoms with Crippen LogP contribution in [-0.4, -0.2) is 23.7 Å². The summed E-state index contributed by atoms with van der Waals surface area (Å²) in [5.74, 6) is 0. The molecule has 1 fully saturated rings. The molecule has 2 heteroatoms. The average molecular weight is 206 g/mol. The minimum absolute atomic E-state index is 0.715. The summed E-state index contributed by atoms with van der Waals surface area (Å²) in [7, 11) is 2.12. The van der Waals surface area contributed by atoms with Crippen LogP contribution < -0.4 is 0 Å². The van der Waals surface area contributed by atoms with Gasteiger partial charge in [0.1, 0.15) is 0 Å². The van der Waals surface area contributed by atoms with Gasteiger partial charge in [0.15, 0.2) is 0 Å². The quantitative estimate of drug-likeness (QED) is 0.508. The van der Waals surface area contributed by atoms with Gasteiger partial charge in [-0.05, 0) is 46.1 Å². The molecule has 0 spiro atoms. The molecule has 0 aromatic rings. The molecule has 15 heavy (non-hydrogen) atoms. The molecule has 1 aliphatic rings. The maximum Gasteiger partial charge on any atom is 0.0421 e. The Morgan fingerprint density at radius 2 is 1.73 bits per heavy atom. The Labute approximate surface area is 93.4 Å². The molecule has 1 rings (SSSR count). The zero-order valence-electron chi connectivity index (χ0n) is 10.6. The van der Waals surface area contributed by atoms with Crippen LogP contribution in [0.3, 0.4) is 0 Å². The molecule has 0 amide bonds. The summed E-state index contributed by atoms with van der Waals surface area (Å²) in [5, 5.41) is 0. The van der Waals surface area contributed by atoms with Crippen LogP contribution in [0.2, 0.25) is 0 Å². The number of hydrogen-bond donors (Lipinski definition) is 0. The highest BCUT2D eigenvalue weighted by Gasteiger charge is 2.27. The molecule has 0 unspecified atom stereocenters. The van der Waals surface area contributed by atoms with Gasteiger partial charge in [-0.3, -0.25) is 4.99 Å². The Morgan fingerprint density at radius 3 is 2.13 bits per heavy atom. The minimum Gasteiger partial charge on any atom is -0.372 e. The van der Waals surface area contributed by atoms with E-state index < -0.39 is 0 Å². The van der Waals surface area contributed by atoms with Crippen molar-refractivity contribution >= 4 is 5.71 Å². The molecular weight excluding hydrogens is 184 g/mol. The van der Waals surface area contributed by atoms with E-state index in [2.05, 4.69) is 30.4 Å². The third kappa shape index (κ3) is 3.22. The van der Waals surface area contributed by atoms with E-state index in [4.69, 9.17) is 0 Å². The van der Waals surface area contributed by atoms with Crippen molar-refractivity contribution in [3.63, 3.8) is 0 Å². The molecule has 0 aromatic carbocycles. The van der Waals surface area contributed by atoms with Crippen molar-refractivity contribution in [2.45, 2.75) is 46.6 Å². The van der Waals surface area contributed by atoms with E-state index in [0.29, 0.717) is 6.04 Å². The molecule has 0 heterocycles. The lowest BCUT2D eigenvalue weighted by Crippen LogP contribution is -2.20. The topological polar surface area (TPSA) is 15.6 Å². The van der Waals surface area contributed by atoms with Gasteiger partial charge in [-0.15, -0.1) is 0 Å². The monoisotopic (exact) mass is 206 g/mol. The molecule has 84 valence electrons. The summed E-state index contributed by atoms with van der Waals surface area (Å²) < 4.78 is 0. The summed E-state index contributed by atoms with van der Waals surface area (Å²) in [4.78, 5) is 6.75. The summed E-state index contributed by atoms with van der Waals surface area (Å²) >= 11 is 0. The van der Waals surface area contributed by atoms with E-state index in [9.17, 15) is 0 Å². The first kappa shape index (κ1) is 12.0. The average Bonchev–Trinajstić information content (AvgIpc) is 2.96. The molecule has 2 nitrogen and oxygen atoms in total. The maximum atomic E-state index is 4.47. The van der Waals surface area contributed by atoms with Crippen LogP contribution in [0, 0.1) is 0 Å². The molecule has 0 radical (unpaired) electrons. The number of aliphatic imine (C=N–C) groups is 1. The lowest BCUT2D eigenvalue weighted by atomic mass is 10.1. The Morgan fingerprint density at radius 1 is 1.20 bits per heavy atom. The van der Waals surface area contributed by atoms with E-state index in [-0.39, 0.29) is 0 Å². The number of allylic oxidation sites excluding steroid dienone is 2. The molecule has 0 N–H and O–H groups in total. The zero-order chi connectivity index (χ0) is 11.6. The number of likely N-dealkylation sites (N-methyl/N-ethyl adjacent to an activating group) is 1. The molecule has 0 bridgehead atoms. The van der Waals surface area contributed by atoms with Crippen LogP contribution in [0.4, 0.5) is 0 Å². The van der Waals surface area contributed by atoms with Gasteiger partial charge in [-0.25, -0.2) is 0 Å². The van der Waals surface area contributed by atoms with E-state index in [1.54, 1.807) is 0 Å². The van der Waals surface area contributed by atoms with Crippen molar-refractivity contribution in [1.82, 2.24) is 4.90 Å². The Balaban J connectivity index is 2.77. The molecule has 0 saturated heterocycles. The lowest BCUT2D eigenvalue weighted by Gasteiger charge is -2.22. The van der Waals surface area contributed by atoms with Crippen LogP contribution >= 0.6 is 0 Å². The second-order valence-electron chi connectivity index (χ2n) is 4.56. The van der Waals surface area contributed by atoms with Crippen molar-refractivity contribution < 1.29 is 0 Å². The number of rotatable bonds is 4. The van der Waals surface area contributed by atoms with Gasteiger partial charge in [0.25, 0.3) is 0 Å². The van der Waals surface area contributed by atoms with Crippen molar-refractivity contribution in [3.8, 4) is 0 Å². The first-order chi connectivity index (χ1) is 6.93. The Kier molecular flexibility index (Phi) is 3.72. The first-order valence-electron chi connectivity index (χ1n) is 5.55. The number of hydrogen-bond acceptors (Lipinski definition) is 2. The fraction of sp³-hybridized carbons (Fsp3) is 0.615. The Hall–Kier alpha value is -1.05. The summed E-state index contributed by atoms with van der Waals surface area (Å²) in [6.45, 7) is 12.3. The SMILES string of the molecule is C=C(/C(C)=C(/C)N=C(C)C)N(C)C1CC1. The minimum atomic E-state index is 0.715. The van der Waals surface area contributed by atoms with Crippen molar-refractivity contribution in [2.75, 3.05) is 7.05 Å². The summed E-state index contributed by atoms with van der Waals surface area (Å²) in [5.41, 5.74) is 4.48. The highest BCUT2D eigenvalue weighted by molar-refractivity contribution is 5.80. The van der Waals surface area contributed by atoms with Crippen LogP contribution in [0.5, 0.6) is 0 Å².